The van der Waals surface area contributed by atoms with Gasteiger partial charge in [-0.05, 0) is 36.4 Å². The first-order chi connectivity index (χ1) is 15.0. The van der Waals surface area contributed by atoms with Crippen LogP contribution in [0.25, 0.3) is 0 Å². The molecule has 0 saturated heterocycles. The molecule has 1 atom stereocenters. The van der Waals surface area contributed by atoms with E-state index in [2.05, 4.69) is 16.8 Å². The SMILES string of the molecule is C=CCn1c(SCCS(=O)(=O)c2ccc(Cl)cc2)nnc1[C@@H]1COc2ccccc2O1. The van der Waals surface area contributed by atoms with Crippen molar-refractivity contribution < 1.29 is 17.9 Å². The lowest BCUT2D eigenvalue weighted by Crippen LogP contribution is -2.25. The van der Waals surface area contributed by atoms with Gasteiger partial charge >= 0.3 is 0 Å². The zero-order chi connectivity index (χ0) is 21.8. The smallest absolute Gasteiger partial charge is 0.192 e. The molecule has 2 heterocycles. The summed E-state index contributed by atoms with van der Waals surface area (Å²) in [5, 5.41) is 9.64. The van der Waals surface area contributed by atoms with Gasteiger partial charge in [0.2, 0.25) is 0 Å². The fourth-order valence-corrected chi connectivity index (χ4v) is 5.82. The monoisotopic (exact) mass is 477 g/mol. The van der Waals surface area contributed by atoms with Crippen LogP contribution in [0.15, 0.2) is 71.2 Å². The quantitative estimate of drug-likeness (QED) is 0.355. The molecule has 0 N–H and O–H groups in total. The number of ether oxygens (including phenoxy) is 2. The van der Waals surface area contributed by atoms with E-state index in [1.54, 1.807) is 18.2 Å². The van der Waals surface area contributed by atoms with Crippen LogP contribution in [-0.2, 0) is 16.4 Å². The molecule has 0 unspecified atom stereocenters. The van der Waals surface area contributed by atoms with E-state index in [-0.39, 0.29) is 10.6 Å². The topological polar surface area (TPSA) is 83.3 Å². The largest absolute Gasteiger partial charge is 0.485 e. The number of sulfone groups is 1. The van der Waals surface area contributed by atoms with Gasteiger partial charge < -0.3 is 9.47 Å². The highest BCUT2D eigenvalue weighted by atomic mass is 35.5. The van der Waals surface area contributed by atoms with Crippen LogP contribution < -0.4 is 9.47 Å². The van der Waals surface area contributed by atoms with Crippen LogP contribution in [0.3, 0.4) is 0 Å². The van der Waals surface area contributed by atoms with Gasteiger partial charge in [0, 0.05) is 17.3 Å². The lowest BCUT2D eigenvalue weighted by Gasteiger charge is -2.26. The molecular formula is C21H20ClN3O4S2. The van der Waals surface area contributed by atoms with Crippen molar-refractivity contribution >= 4 is 33.2 Å². The maximum Gasteiger partial charge on any atom is 0.192 e. The zero-order valence-corrected chi connectivity index (χ0v) is 18.9. The average Bonchev–Trinajstić information content (AvgIpc) is 3.16. The van der Waals surface area contributed by atoms with E-state index in [0.717, 1.165) is 0 Å². The number of hydrogen-bond donors (Lipinski definition) is 0. The number of benzene rings is 2. The van der Waals surface area contributed by atoms with Gasteiger partial charge in [-0.2, -0.15) is 0 Å². The zero-order valence-electron chi connectivity index (χ0n) is 16.5. The van der Waals surface area contributed by atoms with Gasteiger partial charge in [-0.3, -0.25) is 4.57 Å². The van der Waals surface area contributed by atoms with E-state index in [4.69, 9.17) is 21.1 Å². The molecule has 1 aromatic heterocycles. The summed E-state index contributed by atoms with van der Waals surface area (Å²) < 4.78 is 38.8. The van der Waals surface area contributed by atoms with Crippen molar-refractivity contribution in [2.45, 2.75) is 22.7 Å². The van der Waals surface area contributed by atoms with E-state index < -0.39 is 15.9 Å². The van der Waals surface area contributed by atoms with Crippen molar-refractivity contribution in [2.75, 3.05) is 18.1 Å². The van der Waals surface area contributed by atoms with Crippen LogP contribution in [0.5, 0.6) is 11.5 Å². The second-order valence-electron chi connectivity index (χ2n) is 6.73. The van der Waals surface area contributed by atoms with Crippen LogP contribution >= 0.6 is 23.4 Å². The molecule has 2 aromatic carbocycles. The maximum absolute atomic E-state index is 12.6. The van der Waals surface area contributed by atoms with Crippen molar-refractivity contribution in [2.24, 2.45) is 0 Å². The molecule has 0 amide bonds. The minimum absolute atomic E-state index is 0.0357. The lowest BCUT2D eigenvalue weighted by atomic mass is 10.2. The standard InChI is InChI=1S/C21H20ClN3O4S2/c1-2-11-25-20(19-14-28-17-5-3-4-6-18(17)29-19)23-24-21(25)30-12-13-31(26,27)16-9-7-15(22)8-10-16/h2-10,19H,1,11-14H2/t19-/m0/s1. The summed E-state index contributed by atoms with van der Waals surface area (Å²) >= 11 is 7.17. The molecule has 0 radical (unpaired) electrons. The Bertz CT molecular complexity index is 1180. The first kappa shape index (κ1) is 21.7. The molecule has 4 rings (SSSR count). The van der Waals surface area contributed by atoms with Crippen molar-refractivity contribution in [1.82, 2.24) is 14.8 Å². The molecule has 1 aliphatic heterocycles. The summed E-state index contributed by atoms with van der Waals surface area (Å²) in [7, 11) is -3.42. The van der Waals surface area contributed by atoms with Crippen molar-refractivity contribution in [3.05, 3.63) is 72.0 Å². The van der Waals surface area contributed by atoms with Crippen LogP contribution in [0.4, 0.5) is 0 Å². The average molecular weight is 478 g/mol. The Balaban J connectivity index is 1.46. The second kappa shape index (κ2) is 9.33. The minimum Gasteiger partial charge on any atom is -0.485 e. The summed E-state index contributed by atoms with van der Waals surface area (Å²) in [5.74, 6) is 2.24. The molecule has 31 heavy (non-hydrogen) atoms. The predicted octanol–water partition coefficient (Wildman–Crippen LogP) is 4.20. The van der Waals surface area contributed by atoms with Crippen LogP contribution in [0.1, 0.15) is 11.9 Å². The minimum atomic E-state index is -3.42. The number of aromatic nitrogens is 3. The maximum atomic E-state index is 12.6. The van der Waals surface area contributed by atoms with Gasteiger partial charge in [0.15, 0.2) is 38.4 Å². The molecule has 0 bridgehead atoms. The van der Waals surface area contributed by atoms with E-state index in [0.29, 0.717) is 46.4 Å². The summed E-state index contributed by atoms with van der Waals surface area (Å²) in [6.45, 7) is 4.58. The molecule has 0 aliphatic carbocycles. The van der Waals surface area contributed by atoms with Gasteiger partial charge in [0.25, 0.3) is 0 Å². The second-order valence-corrected chi connectivity index (χ2v) is 10.3. The number of halogens is 1. The van der Waals surface area contributed by atoms with Crippen molar-refractivity contribution in [3.8, 4) is 11.5 Å². The normalized spacial score (nSPS) is 15.6. The van der Waals surface area contributed by atoms with E-state index in [1.165, 1.54) is 23.9 Å². The number of hydrogen-bond acceptors (Lipinski definition) is 7. The first-order valence-corrected chi connectivity index (χ1v) is 12.5. The summed E-state index contributed by atoms with van der Waals surface area (Å²) in [6.07, 6.45) is 1.31. The third kappa shape index (κ3) is 4.89. The summed E-state index contributed by atoms with van der Waals surface area (Å²) in [5.41, 5.74) is 0. The fourth-order valence-electron chi connectivity index (χ4n) is 3.09. The van der Waals surface area contributed by atoms with Crippen LogP contribution in [-0.4, -0.2) is 41.3 Å². The van der Waals surface area contributed by atoms with E-state index in [9.17, 15) is 8.42 Å². The number of nitrogens with zero attached hydrogens (tertiary/aromatic N) is 3. The lowest BCUT2D eigenvalue weighted by molar-refractivity contribution is 0.0821. The van der Waals surface area contributed by atoms with Gasteiger partial charge in [-0.1, -0.05) is 41.6 Å². The Hall–Kier alpha value is -2.49. The van der Waals surface area contributed by atoms with E-state index >= 15 is 0 Å². The molecule has 7 nitrogen and oxygen atoms in total. The Morgan fingerprint density at radius 1 is 1.16 bits per heavy atom. The van der Waals surface area contributed by atoms with Gasteiger partial charge in [0.05, 0.1) is 10.6 Å². The van der Waals surface area contributed by atoms with Gasteiger partial charge in [-0.25, -0.2) is 8.42 Å². The molecule has 0 spiro atoms. The Labute approximate surface area is 190 Å². The number of allylic oxidation sites excluding steroid dienone is 1. The summed E-state index contributed by atoms with van der Waals surface area (Å²) in [4.78, 5) is 0.247. The van der Waals surface area contributed by atoms with Crippen LogP contribution in [0, 0.1) is 0 Å². The molecule has 10 heteroatoms. The Morgan fingerprint density at radius 3 is 2.65 bits per heavy atom. The third-order valence-corrected chi connectivity index (χ3v) is 7.82. The third-order valence-electron chi connectivity index (χ3n) is 4.61. The molecule has 162 valence electrons. The number of thioether (sulfide) groups is 1. The highest BCUT2D eigenvalue weighted by Crippen LogP contribution is 2.36. The van der Waals surface area contributed by atoms with Crippen molar-refractivity contribution in [3.63, 3.8) is 0 Å². The molecule has 0 saturated carbocycles. The number of fused-ring (bicyclic) bond motifs is 1. The van der Waals surface area contributed by atoms with Crippen LogP contribution in [0.2, 0.25) is 5.02 Å². The highest BCUT2D eigenvalue weighted by Gasteiger charge is 2.28. The molecule has 0 fully saturated rings. The Kier molecular flexibility index (Phi) is 6.54. The van der Waals surface area contributed by atoms with Crippen molar-refractivity contribution in [1.29, 1.82) is 0 Å². The Morgan fingerprint density at radius 2 is 1.90 bits per heavy atom. The number of rotatable bonds is 8. The first-order valence-electron chi connectivity index (χ1n) is 9.51. The highest BCUT2D eigenvalue weighted by molar-refractivity contribution is 8.00. The fraction of sp³-hybridized carbons (Fsp3) is 0.238. The molecular weight excluding hydrogens is 458 g/mol. The summed E-state index contributed by atoms with van der Waals surface area (Å²) in [6, 6.07) is 13.6. The molecule has 1 aliphatic rings. The van der Waals surface area contributed by atoms with E-state index in [1.807, 2.05) is 28.8 Å². The molecule has 3 aromatic rings. The number of para-hydroxylation sites is 2. The van der Waals surface area contributed by atoms with Gasteiger partial charge in [-0.15, -0.1) is 16.8 Å². The predicted molar refractivity (Wildman–Crippen MR) is 120 cm³/mol. The van der Waals surface area contributed by atoms with Gasteiger partial charge in [0.1, 0.15) is 6.61 Å².